The Morgan fingerprint density at radius 3 is 2.71 bits per heavy atom. The molecule has 0 aliphatic rings. The smallest absolute Gasteiger partial charge is 0.255 e. The van der Waals surface area contributed by atoms with E-state index >= 15 is 0 Å². The Balaban J connectivity index is 2.86. The Bertz CT molecular complexity index is 424. The van der Waals surface area contributed by atoms with E-state index in [1.54, 1.807) is 7.11 Å². The summed E-state index contributed by atoms with van der Waals surface area (Å²) in [7, 11) is 1.56. The molecule has 0 aromatic carbocycles. The molecule has 0 saturated carbocycles. The SMILES string of the molecule is COCC(C)(C)NC(=O)c1cc(Cl)nnc1Cl. The third-order valence-electron chi connectivity index (χ3n) is 1.92. The van der Waals surface area contributed by atoms with Gasteiger partial charge in [0.2, 0.25) is 0 Å². The number of carbonyl (C=O) groups excluding carboxylic acids is 1. The summed E-state index contributed by atoms with van der Waals surface area (Å²) < 4.78 is 5.00. The first-order chi connectivity index (χ1) is 7.85. The van der Waals surface area contributed by atoms with Gasteiger partial charge in [0.05, 0.1) is 17.7 Å². The second-order valence-electron chi connectivity index (χ2n) is 4.14. The molecule has 0 unspecified atom stereocenters. The first-order valence-corrected chi connectivity index (χ1v) is 5.61. The Labute approximate surface area is 109 Å². The topological polar surface area (TPSA) is 64.1 Å². The number of methoxy groups -OCH3 is 1. The Morgan fingerprint density at radius 1 is 1.47 bits per heavy atom. The molecule has 0 aliphatic heterocycles. The monoisotopic (exact) mass is 277 g/mol. The van der Waals surface area contributed by atoms with Crippen LogP contribution in [0.1, 0.15) is 24.2 Å². The summed E-state index contributed by atoms with van der Waals surface area (Å²) >= 11 is 11.4. The van der Waals surface area contributed by atoms with Crippen LogP contribution in [0.4, 0.5) is 0 Å². The van der Waals surface area contributed by atoms with Gasteiger partial charge in [0, 0.05) is 7.11 Å². The van der Waals surface area contributed by atoms with E-state index in [2.05, 4.69) is 15.5 Å². The van der Waals surface area contributed by atoms with Crippen molar-refractivity contribution < 1.29 is 9.53 Å². The molecule has 5 nitrogen and oxygen atoms in total. The molecular formula is C10H13Cl2N3O2. The third-order valence-corrected chi connectivity index (χ3v) is 2.38. The quantitative estimate of drug-likeness (QED) is 0.914. The van der Waals surface area contributed by atoms with Crippen LogP contribution in [0.15, 0.2) is 6.07 Å². The van der Waals surface area contributed by atoms with Gasteiger partial charge in [-0.3, -0.25) is 4.79 Å². The van der Waals surface area contributed by atoms with Crippen molar-refractivity contribution in [1.29, 1.82) is 0 Å². The van der Waals surface area contributed by atoms with Gasteiger partial charge in [-0.25, -0.2) is 0 Å². The molecule has 0 saturated heterocycles. The number of nitrogens with zero attached hydrogens (tertiary/aromatic N) is 2. The summed E-state index contributed by atoms with van der Waals surface area (Å²) in [6.07, 6.45) is 0. The summed E-state index contributed by atoms with van der Waals surface area (Å²) in [5.41, 5.74) is -0.318. The fraction of sp³-hybridized carbons (Fsp3) is 0.500. The molecule has 0 bridgehead atoms. The fourth-order valence-electron chi connectivity index (χ4n) is 1.28. The zero-order chi connectivity index (χ0) is 13.1. The number of aromatic nitrogens is 2. The number of carbonyl (C=O) groups is 1. The van der Waals surface area contributed by atoms with Crippen LogP contribution in [0.5, 0.6) is 0 Å². The van der Waals surface area contributed by atoms with Gasteiger partial charge in [0.15, 0.2) is 10.3 Å². The van der Waals surface area contributed by atoms with Crippen LogP contribution in [0, 0.1) is 0 Å². The lowest BCUT2D eigenvalue weighted by molar-refractivity contribution is 0.0819. The van der Waals surface area contributed by atoms with Gasteiger partial charge >= 0.3 is 0 Å². The molecule has 1 aromatic heterocycles. The largest absolute Gasteiger partial charge is 0.382 e. The number of amides is 1. The predicted octanol–water partition coefficient (Wildman–Crippen LogP) is 1.94. The summed E-state index contributed by atoms with van der Waals surface area (Å²) in [6, 6.07) is 1.37. The molecule has 7 heteroatoms. The van der Waals surface area contributed by atoms with Crippen molar-refractivity contribution in [2.24, 2.45) is 0 Å². The minimum absolute atomic E-state index is 0.0140. The van der Waals surface area contributed by atoms with E-state index in [0.717, 1.165) is 0 Å². The Kier molecular flexibility index (Phi) is 4.68. The van der Waals surface area contributed by atoms with E-state index in [1.807, 2.05) is 13.8 Å². The molecule has 0 atom stereocenters. The van der Waals surface area contributed by atoms with Crippen molar-refractivity contribution in [3.05, 3.63) is 21.9 Å². The molecule has 94 valence electrons. The fourth-order valence-corrected chi connectivity index (χ4v) is 1.61. The number of halogens is 2. The molecule has 1 rings (SSSR count). The van der Waals surface area contributed by atoms with Gasteiger partial charge in [0.25, 0.3) is 5.91 Å². The minimum atomic E-state index is -0.509. The van der Waals surface area contributed by atoms with Gasteiger partial charge in [-0.1, -0.05) is 23.2 Å². The van der Waals surface area contributed by atoms with E-state index in [9.17, 15) is 4.79 Å². The average Bonchev–Trinajstić information content (AvgIpc) is 2.20. The summed E-state index contributed by atoms with van der Waals surface area (Å²) in [5.74, 6) is -0.367. The highest BCUT2D eigenvalue weighted by Crippen LogP contribution is 2.16. The number of nitrogens with one attached hydrogen (secondary N) is 1. The van der Waals surface area contributed by atoms with Crippen molar-refractivity contribution in [2.45, 2.75) is 19.4 Å². The summed E-state index contributed by atoms with van der Waals surface area (Å²) in [6.45, 7) is 4.04. The van der Waals surface area contributed by atoms with E-state index in [1.165, 1.54) is 6.07 Å². The van der Waals surface area contributed by atoms with E-state index in [0.29, 0.717) is 6.61 Å². The average molecular weight is 278 g/mol. The lowest BCUT2D eigenvalue weighted by Gasteiger charge is -2.25. The van der Waals surface area contributed by atoms with Crippen molar-refractivity contribution in [2.75, 3.05) is 13.7 Å². The predicted molar refractivity (Wildman–Crippen MR) is 65.5 cm³/mol. The zero-order valence-corrected chi connectivity index (χ0v) is 11.3. The van der Waals surface area contributed by atoms with Crippen molar-refractivity contribution in [3.8, 4) is 0 Å². The van der Waals surface area contributed by atoms with Crippen molar-refractivity contribution >= 4 is 29.1 Å². The highest BCUT2D eigenvalue weighted by Gasteiger charge is 2.23. The van der Waals surface area contributed by atoms with Crippen LogP contribution in [0.2, 0.25) is 10.3 Å². The van der Waals surface area contributed by atoms with Crippen LogP contribution < -0.4 is 5.32 Å². The van der Waals surface area contributed by atoms with Gasteiger partial charge in [-0.15, -0.1) is 10.2 Å². The number of rotatable bonds is 4. The molecule has 1 aromatic rings. The van der Waals surface area contributed by atoms with Crippen molar-refractivity contribution in [1.82, 2.24) is 15.5 Å². The lowest BCUT2D eigenvalue weighted by atomic mass is 10.1. The second kappa shape index (κ2) is 5.62. The van der Waals surface area contributed by atoms with Crippen LogP contribution in [-0.2, 0) is 4.74 Å². The number of ether oxygens (including phenoxy) is 1. The standard InChI is InChI=1S/C10H13Cl2N3O2/c1-10(2,5-17-3)13-9(16)6-4-7(11)14-15-8(6)12/h4H,5H2,1-3H3,(H,13,16). The second-order valence-corrected chi connectivity index (χ2v) is 4.89. The highest BCUT2D eigenvalue weighted by atomic mass is 35.5. The number of hydrogen-bond donors (Lipinski definition) is 1. The first kappa shape index (κ1) is 14.2. The Hall–Kier alpha value is -0.910. The highest BCUT2D eigenvalue weighted by molar-refractivity contribution is 6.34. The van der Waals surface area contributed by atoms with Crippen molar-refractivity contribution in [3.63, 3.8) is 0 Å². The van der Waals surface area contributed by atoms with Crippen LogP contribution in [0.3, 0.4) is 0 Å². The molecular weight excluding hydrogens is 265 g/mol. The first-order valence-electron chi connectivity index (χ1n) is 4.86. The van der Waals surface area contributed by atoms with E-state index in [4.69, 9.17) is 27.9 Å². The van der Waals surface area contributed by atoms with Gasteiger partial charge in [0.1, 0.15) is 0 Å². The molecule has 1 N–H and O–H groups in total. The normalized spacial score (nSPS) is 11.4. The molecule has 0 spiro atoms. The Morgan fingerprint density at radius 2 is 2.12 bits per heavy atom. The van der Waals surface area contributed by atoms with Gasteiger partial charge in [-0.2, -0.15) is 0 Å². The van der Waals surface area contributed by atoms with Gasteiger partial charge in [-0.05, 0) is 19.9 Å². The molecule has 0 radical (unpaired) electrons. The molecule has 0 aliphatic carbocycles. The lowest BCUT2D eigenvalue weighted by Crippen LogP contribution is -2.46. The minimum Gasteiger partial charge on any atom is -0.382 e. The van der Waals surface area contributed by atoms with E-state index in [-0.39, 0.29) is 21.8 Å². The molecule has 17 heavy (non-hydrogen) atoms. The van der Waals surface area contributed by atoms with Gasteiger partial charge < -0.3 is 10.1 Å². The van der Waals surface area contributed by atoms with Crippen LogP contribution in [0.25, 0.3) is 0 Å². The summed E-state index contributed by atoms with van der Waals surface area (Å²) in [4.78, 5) is 11.9. The molecule has 1 heterocycles. The van der Waals surface area contributed by atoms with E-state index < -0.39 is 5.54 Å². The third kappa shape index (κ3) is 4.11. The number of hydrogen-bond acceptors (Lipinski definition) is 4. The summed E-state index contributed by atoms with van der Waals surface area (Å²) in [5, 5.41) is 10.00. The molecule has 0 fully saturated rings. The maximum absolute atomic E-state index is 11.9. The molecule has 1 amide bonds. The van der Waals surface area contributed by atoms with Crippen LogP contribution >= 0.6 is 23.2 Å². The maximum Gasteiger partial charge on any atom is 0.255 e. The maximum atomic E-state index is 11.9. The van der Waals surface area contributed by atoms with Crippen LogP contribution in [-0.4, -0.2) is 35.4 Å². The zero-order valence-electron chi connectivity index (χ0n) is 9.75.